The molecular formula is C23H22O5. The summed E-state index contributed by atoms with van der Waals surface area (Å²) < 4.78 is 22.0. The molecule has 0 radical (unpaired) electrons. The fourth-order valence-electron chi connectivity index (χ4n) is 2.61. The molecule has 3 rings (SSSR count). The lowest BCUT2D eigenvalue weighted by molar-refractivity contribution is 0.112. The Morgan fingerprint density at radius 1 is 0.643 bits per heavy atom. The van der Waals surface area contributed by atoms with Crippen LogP contribution in [0.5, 0.6) is 23.0 Å². The van der Waals surface area contributed by atoms with Gasteiger partial charge in [-0.15, -0.1) is 0 Å². The smallest absolute Gasteiger partial charge is 0.150 e. The van der Waals surface area contributed by atoms with Gasteiger partial charge in [0.05, 0.1) is 14.2 Å². The number of carbonyl (C=O) groups is 1. The minimum absolute atomic E-state index is 0.379. The van der Waals surface area contributed by atoms with E-state index in [1.807, 2.05) is 48.5 Å². The molecule has 0 spiro atoms. The van der Waals surface area contributed by atoms with Crippen LogP contribution in [0.25, 0.3) is 0 Å². The Hall–Kier alpha value is -3.47. The van der Waals surface area contributed by atoms with Gasteiger partial charge in [0.2, 0.25) is 0 Å². The van der Waals surface area contributed by atoms with Gasteiger partial charge in [0.1, 0.15) is 42.5 Å². The monoisotopic (exact) mass is 378 g/mol. The number of hydrogen-bond donors (Lipinski definition) is 0. The van der Waals surface area contributed by atoms with Crippen LogP contribution in [0.15, 0.2) is 66.7 Å². The molecule has 0 atom stereocenters. The van der Waals surface area contributed by atoms with Gasteiger partial charge in [0.25, 0.3) is 0 Å². The quantitative estimate of drug-likeness (QED) is 0.506. The van der Waals surface area contributed by atoms with Crippen LogP contribution >= 0.6 is 0 Å². The van der Waals surface area contributed by atoms with Crippen molar-refractivity contribution in [1.82, 2.24) is 0 Å². The highest BCUT2D eigenvalue weighted by atomic mass is 16.5. The summed E-state index contributed by atoms with van der Waals surface area (Å²) in [4.78, 5) is 11.3. The van der Waals surface area contributed by atoms with Crippen LogP contribution in [0, 0.1) is 0 Å². The van der Waals surface area contributed by atoms with Crippen LogP contribution in [0.1, 0.15) is 21.5 Å². The molecule has 0 aromatic heterocycles. The number of benzene rings is 3. The lowest BCUT2D eigenvalue weighted by atomic mass is 10.2. The van der Waals surface area contributed by atoms with Gasteiger partial charge >= 0.3 is 0 Å². The molecule has 3 aromatic rings. The zero-order chi connectivity index (χ0) is 19.8. The van der Waals surface area contributed by atoms with E-state index in [4.69, 9.17) is 18.9 Å². The Bertz CT molecular complexity index is 832. The first-order chi connectivity index (χ1) is 13.7. The molecule has 5 nitrogen and oxygen atoms in total. The molecule has 144 valence electrons. The summed E-state index contributed by atoms with van der Waals surface area (Å²) in [5, 5.41) is 0. The van der Waals surface area contributed by atoms with Crippen LogP contribution in [0.2, 0.25) is 0 Å². The molecule has 0 bridgehead atoms. The molecule has 0 fully saturated rings. The molecule has 3 aromatic carbocycles. The third kappa shape index (κ3) is 5.27. The topological polar surface area (TPSA) is 54.0 Å². The van der Waals surface area contributed by atoms with E-state index < -0.39 is 0 Å². The second kappa shape index (κ2) is 9.46. The zero-order valence-corrected chi connectivity index (χ0v) is 15.9. The maximum Gasteiger partial charge on any atom is 0.150 e. The van der Waals surface area contributed by atoms with Gasteiger partial charge in [-0.05, 0) is 47.5 Å². The fraction of sp³-hybridized carbons (Fsp3) is 0.174. The Morgan fingerprint density at radius 2 is 1.07 bits per heavy atom. The van der Waals surface area contributed by atoms with Crippen molar-refractivity contribution < 1.29 is 23.7 Å². The number of rotatable bonds is 9. The van der Waals surface area contributed by atoms with Crippen LogP contribution in [0.3, 0.4) is 0 Å². The van der Waals surface area contributed by atoms with Crippen molar-refractivity contribution in [3.63, 3.8) is 0 Å². The lowest BCUT2D eigenvalue weighted by Gasteiger charge is -2.11. The van der Waals surface area contributed by atoms with E-state index in [0.717, 1.165) is 28.9 Å². The van der Waals surface area contributed by atoms with E-state index in [9.17, 15) is 4.79 Å². The van der Waals surface area contributed by atoms with Gasteiger partial charge in [0.15, 0.2) is 0 Å². The van der Waals surface area contributed by atoms with Crippen LogP contribution in [0.4, 0.5) is 0 Å². The summed E-state index contributed by atoms with van der Waals surface area (Å²) in [5.41, 5.74) is 2.49. The highest BCUT2D eigenvalue weighted by Crippen LogP contribution is 2.24. The normalized spacial score (nSPS) is 10.2. The number of hydrogen-bond acceptors (Lipinski definition) is 5. The van der Waals surface area contributed by atoms with Gasteiger partial charge in [-0.2, -0.15) is 0 Å². The van der Waals surface area contributed by atoms with Crippen molar-refractivity contribution in [2.45, 2.75) is 13.2 Å². The van der Waals surface area contributed by atoms with E-state index in [1.54, 1.807) is 32.4 Å². The first-order valence-corrected chi connectivity index (χ1v) is 8.82. The third-order valence-electron chi connectivity index (χ3n) is 4.17. The largest absolute Gasteiger partial charge is 0.497 e. The summed E-state index contributed by atoms with van der Waals surface area (Å²) in [6.45, 7) is 0.758. The predicted octanol–water partition coefficient (Wildman–Crippen LogP) is 4.67. The van der Waals surface area contributed by atoms with Crippen molar-refractivity contribution in [3.05, 3.63) is 83.4 Å². The Kier molecular flexibility index (Phi) is 6.52. The lowest BCUT2D eigenvalue weighted by Crippen LogP contribution is -1.99. The highest BCUT2D eigenvalue weighted by Gasteiger charge is 2.05. The van der Waals surface area contributed by atoms with Crippen LogP contribution < -0.4 is 18.9 Å². The number of methoxy groups -OCH3 is 2. The van der Waals surface area contributed by atoms with E-state index >= 15 is 0 Å². The Morgan fingerprint density at radius 3 is 1.43 bits per heavy atom. The number of carbonyl (C=O) groups excluding carboxylic acids is 1. The minimum atomic E-state index is 0.379. The van der Waals surface area contributed by atoms with Gasteiger partial charge < -0.3 is 18.9 Å². The van der Waals surface area contributed by atoms with Gasteiger partial charge in [-0.3, -0.25) is 4.79 Å². The van der Waals surface area contributed by atoms with E-state index in [2.05, 4.69) is 0 Å². The molecule has 0 N–H and O–H groups in total. The van der Waals surface area contributed by atoms with E-state index in [-0.39, 0.29) is 0 Å². The number of aldehydes is 1. The number of ether oxygens (including phenoxy) is 4. The standard InChI is InChI=1S/C23H22O5/c1-25-20-7-3-17(4-8-20)15-27-22-11-19(14-24)12-23(13-22)28-16-18-5-9-21(26-2)10-6-18/h3-14H,15-16H2,1-2H3. The van der Waals surface area contributed by atoms with Crippen molar-refractivity contribution in [3.8, 4) is 23.0 Å². The fourth-order valence-corrected chi connectivity index (χ4v) is 2.61. The molecule has 28 heavy (non-hydrogen) atoms. The predicted molar refractivity (Wildman–Crippen MR) is 106 cm³/mol. The minimum Gasteiger partial charge on any atom is -0.497 e. The maximum atomic E-state index is 11.3. The SMILES string of the molecule is COc1ccc(COc2cc(C=O)cc(OCc3ccc(OC)cc3)c2)cc1. The molecule has 0 amide bonds. The molecule has 0 saturated carbocycles. The summed E-state index contributed by atoms with van der Waals surface area (Å²) in [6.07, 6.45) is 0.778. The molecule has 0 aliphatic carbocycles. The summed E-state index contributed by atoms with van der Waals surface area (Å²) in [5.74, 6) is 2.73. The second-order valence-electron chi connectivity index (χ2n) is 6.13. The van der Waals surface area contributed by atoms with Crippen molar-refractivity contribution in [1.29, 1.82) is 0 Å². The van der Waals surface area contributed by atoms with Crippen LogP contribution in [-0.2, 0) is 13.2 Å². The summed E-state index contributed by atoms with van der Waals surface area (Å²) in [6, 6.07) is 20.4. The Balaban J connectivity index is 1.65. The van der Waals surface area contributed by atoms with E-state index in [0.29, 0.717) is 30.3 Å². The van der Waals surface area contributed by atoms with Gasteiger partial charge in [-0.1, -0.05) is 24.3 Å². The molecule has 0 unspecified atom stereocenters. The average molecular weight is 378 g/mol. The maximum absolute atomic E-state index is 11.3. The molecule has 0 aliphatic heterocycles. The van der Waals surface area contributed by atoms with Crippen LogP contribution in [-0.4, -0.2) is 20.5 Å². The Labute approximate surface area is 164 Å². The molecule has 5 heteroatoms. The van der Waals surface area contributed by atoms with Crippen molar-refractivity contribution in [2.75, 3.05) is 14.2 Å². The zero-order valence-electron chi connectivity index (χ0n) is 15.9. The summed E-state index contributed by atoms with van der Waals surface area (Å²) in [7, 11) is 3.26. The van der Waals surface area contributed by atoms with Gasteiger partial charge in [-0.25, -0.2) is 0 Å². The summed E-state index contributed by atoms with van der Waals surface area (Å²) >= 11 is 0. The molecular weight excluding hydrogens is 356 g/mol. The van der Waals surface area contributed by atoms with Crippen molar-refractivity contribution in [2.24, 2.45) is 0 Å². The average Bonchev–Trinajstić information content (AvgIpc) is 2.76. The third-order valence-corrected chi connectivity index (χ3v) is 4.17. The highest BCUT2D eigenvalue weighted by molar-refractivity contribution is 5.76. The molecule has 0 saturated heterocycles. The first-order valence-electron chi connectivity index (χ1n) is 8.82. The van der Waals surface area contributed by atoms with Crippen molar-refractivity contribution >= 4 is 6.29 Å². The van der Waals surface area contributed by atoms with Gasteiger partial charge in [0, 0.05) is 11.6 Å². The molecule has 0 aliphatic rings. The first kappa shape index (κ1) is 19.3. The molecule has 0 heterocycles. The second-order valence-corrected chi connectivity index (χ2v) is 6.13. The van der Waals surface area contributed by atoms with E-state index in [1.165, 1.54) is 0 Å².